The van der Waals surface area contributed by atoms with E-state index in [-0.39, 0.29) is 0 Å². The highest BCUT2D eigenvalue weighted by molar-refractivity contribution is 7.08. The molecule has 0 aromatic carbocycles. The maximum atomic E-state index is 4.43. The summed E-state index contributed by atoms with van der Waals surface area (Å²) in [5.41, 5.74) is 4.54. The van der Waals surface area contributed by atoms with Crippen LogP contribution in [0.1, 0.15) is 22.5 Å². The number of anilines is 1. The van der Waals surface area contributed by atoms with Crippen molar-refractivity contribution in [3.8, 4) is 0 Å². The van der Waals surface area contributed by atoms with Gasteiger partial charge in [0.15, 0.2) is 0 Å². The molecule has 2 aromatic rings. The molecule has 2 rings (SSSR count). The lowest BCUT2D eigenvalue weighted by Gasteiger charge is -2.08. The van der Waals surface area contributed by atoms with Crippen LogP contribution in [-0.4, -0.2) is 9.97 Å². The number of rotatable bonds is 3. The van der Waals surface area contributed by atoms with Gasteiger partial charge in [-0.2, -0.15) is 11.3 Å². The molecule has 0 amide bonds. The number of nitrogens with one attached hydrogen (secondary N) is 1. The summed E-state index contributed by atoms with van der Waals surface area (Å²) in [5, 5.41) is 7.66. The van der Waals surface area contributed by atoms with Crippen molar-refractivity contribution in [3.63, 3.8) is 0 Å². The van der Waals surface area contributed by atoms with Crippen LogP contribution >= 0.6 is 11.3 Å². The molecule has 0 spiro atoms. The molecule has 16 heavy (non-hydrogen) atoms. The van der Waals surface area contributed by atoms with Gasteiger partial charge in [0.1, 0.15) is 5.82 Å². The third-order valence-electron chi connectivity index (χ3n) is 2.48. The summed E-state index contributed by atoms with van der Waals surface area (Å²) in [5.74, 6) is 0.880. The van der Waals surface area contributed by atoms with E-state index in [2.05, 4.69) is 33.0 Å². The molecule has 0 bridgehead atoms. The third-order valence-corrected chi connectivity index (χ3v) is 3.39. The second-order valence-corrected chi connectivity index (χ2v) is 4.62. The van der Waals surface area contributed by atoms with Gasteiger partial charge >= 0.3 is 0 Å². The first-order chi connectivity index (χ1) is 7.66. The van der Waals surface area contributed by atoms with E-state index in [0.717, 1.165) is 23.8 Å². The molecule has 84 valence electrons. The number of hydrogen-bond acceptors (Lipinski definition) is 4. The fraction of sp³-hybridized carbons (Fsp3) is 0.333. The van der Waals surface area contributed by atoms with Crippen LogP contribution in [-0.2, 0) is 6.54 Å². The molecule has 0 atom stereocenters. The molecule has 0 aliphatic heterocycles. The lowest BCUT2D eigenvalue weighted by atomic mass is 10.2. The fourth-order valence-corrected chi connectivity index (χ4v) is 2.31. The first kappa shape index (κ1) is 11.1. The minimum atomic E-state index is 0.814. The van der Waals surface area contributed by atoms with Crippen molar-refractivity contribution in [1.29, 1.82) is 0 Å². The highest BCUT2D eigenvalue weighted by Gasteiger charge is 2.03. The molecule has 0 aliphatic carbocycles. The summed E-state index contributed by atoms with van der Waals surface area (Å²) < 4.78 is 0. The van der Waals surface area contributed by atoms with E-state index in [1.807, 2.05) is 13.8 Å². The molecule has 0 aliphatic rings. The Labute approximate surface area is 99.6 Å². The van der Waals surface area contributed by atoms with Gasteiger partial charge in [-0.1, -0.05) is 0 Å². The molecule has 4 heteroatoms. The van der Waals surface area contributed by atoms with Crippen LogP contribution in [0.5, 0.6) is 0 Å². The lowest BCUT2D eigenvalue weighted by Crippen LogP contribution is -2.05. The predicted octanol–water partition coefficient (Wildman–Crippen LogP) is 3.08. The van der Waals surface area contributed by atoms with Crippen molar-refractivity contribution in [2.24, 2.45) is 0 Å². The molecule has 0 unspecified atom stereocenters. The van der Waals surface area contributed by atoms with Crippen molar-refractivity contribution >= 4 is 17.2 Å². The topological polar surface area (TPSA) is 37.8 Å². The Balaban J connectivity index is 2.10. The van der Waals surface area contributed by atoms with Crippen molar-refractivity contribution in [2.75, 3.05) is 5.32 Å². The normalized spacial score (nSPS) is 10.4. The van der Waals surface area contributed by atoms with Gasteiger partial charge < -0.3 is 5.32 Å². The van der Waals surface area contributed by atoms with Gasteiger partial charge in [-0.15, -0.1) is 0 Å². The molecule has 0 fully saturated rings. The van der Waals surface area contributed by atoms with Crippen LogP contribution in [0.25, 0.3) is 0 Å². The van der Waals surface area contributed by atoms with Gasteiger partial charge in [0, 0.05) is 12.7 Å². The largest absolute Gasteiger partial charge is 0.364 e. The summed E-state index contributed by atoms with van der Waals surface area (Å²) >= 11 is 1.73. The zero-order valence-electron chi connectivity index (χ0n) is 9.74. The Hall–Kier alpha value is -1.42. The molecule has 2 aromatic heterocycles. The van der Waals surface area contributed by atoms with Crippen LogP contribution in [0.4, 0.5) is 5.82 Å². The number of aryl methyl sites for hydroxylation is 3. The minimum absolute atomic E-state index is 0.814. The van der Waals surface area contributed by atoms with Gasteiger partial charge in [0.25, 0.3) is 0 Å². The molecule has 0 radical (unpaired) electrons. The standard InChI is InChI=1S/C12H15N3S/c1-8-6-16-7-11(8)5-14-12-10(3)13-4-9(2)15-12/h4,6-7H,5H2,1-3H3,(H,14,15). The monoisotopic (exact) mass is 233 g/mol. The second-order valence-electron chi connectivity index (χ2n) is 3.88. The zero-order chi connectivity index (χ0) is 11.5. The Morgan fingerprint density at radius 3 is 2.75 bits per heavy atom. The SMILES string of the molecule is Cc1cnc(C)c(NCc2cscc2C)n1. The van der Waals surface area contributed by atoms with Gasteiger partial charge in [0.2, 0.25) is 0 Å². The number of nitrogens with zero attached hydrogens (tertiary/aromatic N) is 2. The third kappa shape index (κ3) is 2.39. The van der Waals surface area contributed by atoms with E-state index in [1.165, 1.54) is 11.1 Å². The Morgan fingerprint density at radius 1 is 1.25 bits per heavy atom. The molecule has 0 saturated carbocycles. The summed E-state index contributed by atoms with van der Waals surface area (Å²) in [6, 6.07) is 0. The number of hydrogen-bond donors (Lipinski definition) is 1. The summed E-state index contributed by atoms with van der Waals surface area (Å²) in [6.07, 6.45) is 1.79. The van der Waals surface area contributed by atoms with Crippen LogP contribution in [0, 0.1) is 20.8 Å². The number of aromatic nitrogens is 2. The molecule has 0 saturated heterocycles. The van der Waals surface area contributed by atoms with Gasteiger partial charge in [0.05, 0.1) is 11.4 Å². The molecular weight excluding hydrogens is 218 g/mol. The number of thiophene rings is 1. The quantitative estimate of drug-likeness (QED) is 0.885. The highest BCUT2D eigenvalue weighted by atomic mass is 32.1. The zero-order valence-corrected chi connectivity index (χ0v) is 10.6. The van der Waals surface area contributed by atoms with Crippen molar-refractivity contribution in [1.82, 2.24) is 9.97 Å². The molecular formula is C12H15N3S. The van der Waals surface area contributed by atoms with E-state index in [4.69, 9.17) is 0 Å². The average molecular weight is 233 g/mol. The van der Waals surface area contributed by atoms with Crippen LogP contribution in [0.3, 0.4) is 0 Å². The van der Waals surface area contributed by atoms with Crippen molar-refractivity contribution in [3.05, 3.63) is 39.5 Å². The van der Waals surface area contributed by atoms with Crippen LogP contribution in [0.2, 0.25) is 0 Å². The Morgan fingerprint density at radius 2 is 2.06 bits per heavy atom. The van der Waals surface area contributed by atoms with E-state index in [0.29, 0.717) is 0 Å². The van der Waals surface area contributed by atoms with Gasteiger partial charge in [-0.25, -0.2) is 4.98 Å². The highest BCUT2D eigenvalue weighted by Crippen LogP contribution is 2.16. The summed E-state index contributed by atoms with van der Waals surface area (Å²) in [4.78, 5) is 8.71. The van der Waals surface area contributed by atoms with Gasteiger partial charge in [-0.3, -0.25) is 4.98 Å². The minimum Gasteiger partial charge on any atom is -0.364 e. The maximum Gasteiger partial charge on any atom is 0.148 e. The van der Waals surface area contributed by atoms with E-state index in [9.17, 15) is 0 Å². The maximum absolute atomic E-state index is 4.43. The fourth-order valence-electron chi connectivity index (χ4n) is 1.45. The summed E-state index contributed by atoms with van der Waals surface area (Å²) in [6.45, 7) is 6.86. The average Bonchev–Trinajstić information content (AvgIpc) is 2.66. The smallest absolute Gasteiger partial charge is 0.148 e. The van der Waals surface area contributed by atoms with Gasteiger partial charge in [-0.05, 0) is 42.7 Å². The lowest BCUT2D eigenvalue weighted by molar-refractivity contribution is 1.02. The molecule has 2 heterocycles. The first-order valence-electron chi connectivity index (χ1n) is 5.22. The molecule has 1 N–H and O–H groups in total. The Kier molecular flexibility index (Phi) is 3.19. The van der Waals surface area contributed by atoms with E-state index < -0.39 is 0 Å². The first-order valence-corrected chi connectivity index (χ1v) is 6.17. The Bertz CT molecular complexity index is 491. The van der Waals surface area contributed by atoms with Crippen LogP contribution in [0.15, 0.2) is 17.0 Å². The van der Waals surface area contributed by atoms with Crippen molar-refractivity contribution < 1.29 is 0 Å². The summed E-state index contributed by atoms with van der Waals surface area (Å²) in [7, 11) is 0. The predicted molar refractivity (Wildman–Crippen MR) is 67.9 cm³/mol. The second kappa shape index (κ2) is 4.61. The van der Waals surface area contributed by atoms with Crippen molar-refractivity contribution in [2.45, 2.75) is 27.3 Å². The molecule has 3 nitrogen and oxygen atoms in total. The van der Waals surface area contributed by atoms with E-state index in [1.54, 1.807) is 17.5 Å². The van der Waals surface area contributed by atoms with Crippen LogP contribution < -0.4 is 5.32 Å². The van der Waals surface area contributed by atoms with E-state index >= 15 is 0 Å².